The summed E-state index contributed by atoms with van der Waals surface area (Å²) in [6.45, 7) is 8.25. The van der Waals surface area contributed by atoms with Crippen molar-refractivity contribution in [2.45, 2.75) is 25.7 Å². The summed E-state index contributed by atoms with van der Waals surface area (Å²) in [5.41, 5.74) is 1.51. The van der Waals surface area contributed by atoms with E-state index in [9.17, 15) is 19.2 Å². The molecule has 0 saturated carbocycles. The Morgan fingerprint density at radius 1 is 0.551 bits per heavy atom. The number of carbonyl (C=O) groups excluding carboxylic acids is 4. The number of benzene rings is 3. The first-order valence-electron chi connectivity index (χ1n) is 15.4. The van der Waals surface area contributed by atoms with Crippen LogP contribution in [0.1, 0.15) is 36.8 Å². The Hall–Kier alpha value is -5.61. The minimum atomic E-state index is -0.643. The summed E-state index contributed by atoms with van der Waals surface area (Å²) >= 11 is 6.26. The lowest BCUT2D eigenvalue weighted by Crippen LogP contribution is -2.06. The first kappa shape index (κ1) is 37.8. The molecule has 49 heavy (non-hydrogen) atoms. The number of hydrogen-bond donors (Lipinski definition) is 0. The number of ether oxygens (including phenoxy) is 6. The predicted octanol–water partition coefficient (Wildman–Crippen LogP) is 7.35. The van der Waals surface area contributed by atoms with Gasteiger partial charge in [-0.1, -0.05) is 49.0 Å². The number of hydrogen-bond acceptors (Lipinski definition) is 10. The van der Waals surface area contributed by atoms with Crippen molar-refractivity contribution >= 4 is 47.6 Å². The van der Waals surface area contributed by atoms with Gasteiger partial charge in [0.05, 0.1) is 31.5 Å². The molecule has 0 aromatic heterocycles. The van der Waals surface area contributed by atoms with Crippen molar-refractivity contribution in [3.8, 4) is 23.0 Å². The molecule has 0 heterocycles. The molecule has 10 nitrogen and oxygen atoms in total. The highest BCUT2D eigenvalue weighted by molar-refractivity contribution is 6.32. The van der Waals surface area contributed by atoms with Crippen LogP contribution in [0.15, 0.2) is 104 Å². The fraction of sp³-hybridized carbons (Fsp3) is 0.211. The summed E-state index contributed by atoms with van der Waals surface area (Å²) in [7, 11) is 0. The molecule has 0 fully saturated rings. The summed E-state index contributed by atoms with van der Waals surface area (Å²) in [5.74, 6) is -0.531. The second-order valence-corrected chi connectivity index (χ2v) is 10.5. The lowest BCUT2D eigenvalue weighted by atomic mass is 10.2. The van der Waals surface area contributed by atoms with E-state index in [4.69, 9.17) is 40.0 Å². The molecule has 0 unspecified atom stereocenters. The molecule has 0 saturated heterocycles. The van der Waals surface area contributed by atoms with Crippen molar-refractivity contribution in [1.82, 2.24) is 0 Å². The Kier molecular flexibility index (Phi) is 16.5. The summed E-state index contributed by atoms with van der Waals surface area (Å²) in [4.78, 5) is 46.7. The van der Waals surface area contributed by atoms with E-state index in [0.29, 0.717) is 50.8 Å². The normalized spacial score (nSPS) is 10.7. The van der Waals surface area contributed by atoms with Crippen LogP contribution in [-0.4, -0.2) is 50.3 Å². The highest BCUT2D eigenvalue weighted by atomic mass is 35.5. The van der Waals surface area contributed by atoms with Crippen molar-refractivity contribution < 1.29 is 47.6 Å². The van der Waals surface area contributed by atoms with E-state index >= 15 is 0 Å². The molecule has 3 rings (SSSR count). The maximum atomic E-state index is 12.4. The zero-order chi connectivity index (χ0) is 35.3. The molecule has 3 aromatic rings. The van der Waals surface area contributed by atoms with Crippen molar-refractivity contribution in [2.24, 2.45) is 0 Å². The summed E-state index contributed by atoms with van der Waals surface area (Å²) < 4.78 is 31.8. The molecule has 0 spiro atoms. The first-order valence-corrected chi connectivity index (χ1v) is 15.8. The Balaban J connectivity index is 1.37. The largest absolute Gasteiger partial charge is 0.494 e. The molecule has 0 amide bonds. The van der Waals surface area contributed by atoms with Gasteiger partial charge in [0.15, 0.2) is 0 Å². The van der Waals surface area contributed by atoms with E-state index in [1.807, 2.05) is 0 Å². The highest BCUT2D eigenvalue weighted by Crippen LogP contribution is 2.29. The van der Waals surface area contributed by atoms with Gasteiger partial charge in [0.25, 0.3) is 0 Å². The standard InChI is InChI=1S/C38H37ClO10/c1-3-35(40)46-25-7-5-23-44-30-15-9-28(10-16-30)13-21-37(42)48-32-19-20-34(33(39)27-32)49-38(43)22-14-29-11-17-31(18-12-29)45-24-6-8-26-47-36(41)4-2/h3-4,9-22,27H,1-2,5-8,23-26H2. The summed E-state index contributed by atoms with van der Waals surface area (Å²) in [5, 5.41) is 0.0877. The van der Waals surface area contributed by atoms with Gasteiger partial charge in [0.2, 0.25) is 0 Å². The molecular formula is C38H37ClO10. The van der Waals surface area contributed by atoms with Crippen LogP contribution in [0.2, 0.25) is 5.02 Å². The van der Waals surface area contributed by atoms with Crippen LogP contribution in [0.25, 0.3) is 12.2 Å². The number of carbonyl (C=O) groups is 4. The SMILES string of the molecule is C=CC(=O)OCCCCOc1ccc(C=CC(=O)Oc2ccc(OC(=O)C=Cc3ccc(OCCCCOC(=O)C=C)cc3)c(Cl)c2)cc1. The van der Waals surface area contributed by atoms with E-state index in [1.54, 1.807) is 60.7 Å². The molecular weight excluding hydrogens is 652 g/mol. The molecule has 11 heteroatoms. The lowest BCUT2D eigenvalue weighted by molar-refractivity contribution is -0.138. The maximum absolute atomic E-state index is 12.4. The second kappa shape index (κ2) is 21.3. The molecule has 0 radical (unpaired) electrons. The van der Waals surface area contributed by atoms with E-state index in [2.05, 4.69) is 13.2 Å². The van der Waals surface area contributed by atoms with Gasteiger partial charge in [-0.25, -0.2) is 19.2 Å². The Bertz CT molecular complexity index is 1630. The average Bonchev–Trinajstić information content (AvgIpc) is 3.11. The van der Waals surface area contributed by atoms with Crippen molar-refractivity contribution in [3.63, 3.8) is 0 Å². The second-order valence-electron chi connectivity index (χ2n) is 10.1. The van der Waals surface area contributed by atoms with E-state index in [-0.39, 0.29) is 16.5 Å². The highest BCUT2D eigenvalue weighted by Gasteiger charge is 2.10. The van der Waals surface area contributed by atoms with Gasteiger partial charge in [-0.2, -0.15) is 0 Å². The van der Waals surface area contributed by atoms with Crippen LogP contribution in [0, 0.1) is 0 Å². The van der Waals surface area contributed by atoms with Crippen molar-refractivity contribution in [3.05, 3.63) is 120 Å². The third-order valence-corrected chi connectivity index (χ3v) is 6.65. The van der Waals surface area contributed by atoms with Gasteiger partial charge >= 0.3 is 23.9 Å². The molecule has 0 bridgehead atoms. The third kappa shape index (κ3) is 15.2. The van der Waals surface area contributed by atoms with E-state index in [1.165, 1.54) is 30.4 Å². The molecule has 0 atom stereocenters. The van der Waals surface area contributed by atoms with Gasteiger partial charge in [0.1, 0.15) is 23.0 Å². The van der Waals surface area contributed by atoms with Crippen LogP contribution in [0.5, 0.6) is 23.0 Å². The Morgan fingerprint density at radius 2 is 0.980 bits per heavy atom. The Morgan fingerprint density at radius 3 is 1.43 bits per heavy atom. The third-order valence-electron chi connectivity index (χ3n) is 6.35. The minimum Gasteiger partial charge on any atom is -0.494 e. The topological polar surface area (TPSA) is 124 Å². The van der Waals surface area contributed by atoms with Crippen LogP contribution in [0.3, 0.4) is 0 Å². The number of rotatable bonds is 20. The van der Waals surface area contributed by atoms with Gasteiger partial charge in [0, 0.05) is 30.4 Å². The van der Waals surface area contributed by atoms with Gasteiger partial charge in [-0.3, -0.25) is 0 Å². The van der Waals surface area contributed by atoms with Crippen LogP contribution < -0.4 is 18.9 Å². The maximum Gasteiger partial charge on any atom is 0.336 e. The quantitative estimate of drug-likeness (QED) is 0.0515. The van der Waals surface area contributed by atoms with Crippen LogP contribution in [-0.2, 0) is 28.7 Å². The van der Waals surface area contributed by atoms with Gasteiger partial charge in [-0.15, -0.1) is 0 Å². The zero-order valence-electron chi connectivity index (χ0n) is 26.8. The van der Waals surface area contributed by atoms with Crippen LogP contribution >= 0.6 is 11.6 Å². The molecule has 0 aliphatic heterocycles. The van der Waals surface area contributed by atoms with Crippen LogP contribution in [0.4, 0.5) is 0 Å². The smallest absolute Gasteiger partial charge is 0.336 e. The molecule has 0 aliphatic rings. The lowest BCUT2D eigenvalue weighted by Gasteiger charge is -2.07. The average molecular weight is 689 g/mol. The number of esters is 4. The number of unbranched alkanes of at least 4 members (excludes halogenated alkanes) is 2. The van der Waals surface area contributed by atoms with E-state index < -0.39 is 23.9 Å². The van der Waals surface area contributed by atoms with Gasteiger partial charge in [-0.05, 0) is 85.4 Å². The summed E-state index contributed by atoms with van der Waals surface area (Å²) in [6, 6.07) is 18.6. The minimum absolute atomic E-state index is 0.0877. The molecule has 256 valence electrons. The fourth-order valence-corrected chi connectivity index (χ4v) is 4.06. The molecule has 0 N–H and O–H groups in total. The first-order chi connectivity index (χ1) is 23.7. The van der Waals surface area contributed by atoms with Gasteiger partial charge < -0.3 is 28.4 Å². The number of halogens is 1. The van der Waals surface area contributed by atoms with E-state index in [0.717, 1.165) is 36.1 Å². The summed E-state index contributed by atoms with van der Waals surface area (Å²) in [6.07, 6.45) is 10.8. The fourth-order valence-electron chi connectivity index (χ4n) is 3.85. The zero-order valence-corrected chi connectivity index (χ0v) is 27.6. The predicted molar refractivity (Wildman–Crippen MR) is 185 cm³/mol. The van der Waals surface area contributed by atoms with Crippen molar-refractivity contribution in [1.29, 1.82) is 0 Å². The molecule has 0 aliphatic carbocycles. The molecule has 3 aromatic carbocycles. The monoisotopic (exact) mass is 688 g/mol. The van der Waals surface area contributed by atoms with Crippen molar-refractivity contribution in [2.75, 3.05) is 26.4 Å². The Labute approximate surface area is 290 Å².